The molecule has 0 saturated carbocycles. The predicted octanol–water partition coefficient (Wildman–Crippen LogP) is 3.38. The number of halogens is 2. The maximum Gasteiger partial charge on any atom is 0.255 e. The number of ether oxygens (including phenoxy) is 2. The number of carbonyl (C=O) groups is 2. The van der Waals surface area contributed by atoms with Crippen molar-refractivity contribution >= 4 is 34.7 Å². The Balaban J connectivity index is 1.49. The van der Waals surface area contributed by atoms with E-state index in [0.717, 1.165) is 5.56 Å². The van der Waals surface area contributed by atoms with Crippen LogP contribution in [-0.2, 0) is 14.3 Å². The number of amides is 2. The lowest BCUT2D eigenvalue weighted by molar-refractivity contribution is -0.142. The highest BCUT2D eigenvalue weighted by atomic mass is 35.5. The van der Waals surface area contributed by atoms with Crippen LogP contribution in [0.4, 0.5) is 10.1 Å². The van der Waals surface area contributed by atoms with Crippen molar-refractivity contribution in [3.63, 3.8) is 0 Å². The highest BCUT2D eigenvalue weighted by Gasteiger charge is 2.35. The van der Waals surface area contributed by atoms with E-state index in [4.69, 9.17) is 21.1 Å². The molecule has 4 aromatic rings. The summed E-state index contributed by atoms with van der Waals surface area (Å²) in [5.74, 6) is -1.27. The Kier molecular flexibility index (Phi) is 5.63. The standard InChI is InChI=1S/C25H19ClFN5O4/c26-18-3-2-15(27)9-16(18)23-22-17(24(33)31-23)7-14(13-1-4-21-28-12-29-32(21)10-13)8-19(22)30-25(34)20-11-35-5-6-36-20/h1-4,7-10,12,20,23H,5-6,11H2,(H,30,34)(H,31,33). The molecule has 11 heteroatoms. The first-order valence-electron chi connectivity index (χ1n) is 11.2. The highest BCUT2D eigenvalue weighted by Crippen LogP contribution is 2.41. The molecule has 0 spiro atoms. The van der Waals surface area contributed by atoms with Crippen molar-refractivity contribution in [3.8, 4) is 11.1 Å². The minimum atomic E-state index is -0.800. The minimum Gasteiger partial charge on any atom is -0.376 e. The van der Waals surface area contributed by atoms with E-state index in [1.54, 1.807) is 28.9 Å². The van der Waals surface area contributed by atoms with Crippen LogP contribution in [0.1, 0.15) is 27.5 Å². The monoisotopic (exact) mass is 507 g/mol. The van der Waals surface area contributed by atoms with Gasteiger partial charge in [-0.25, -0.2) is 13.9 Å². The fourth-order valence-electron chi connectivity index (χ4n) is 4.51. The molecule has 0 aliphatic carbocycles. The number of aromatic nitrogens is 3. The van der Waals surface area contributed by atoms with Crippen LogP contribution in [0.25, 0.3) is 16.8 Å². The van der Waals surface area contributed by atoms with Crippen LogP contribution in [0, 0.1) is 5.82 Å². The van der Waals surface area contributed by atoms with Gasteiger partial charge in [-0.3, -0.25) is 9.59 Å². The van der Waals surface area contributed by atoms with Crippen LogP contribution < -0.4 is 10.6 Å². The Bertz CT molecular complexity index is 1520. The van der Waals surface area contributed by atoms with Crippen molar-refractivity contribution in [2.75, 3.05) is 25.1 Å². The first-order chi connectivity index (χ1) is 17.5. The average molecular weight is 508 g/mol. The smallest absolute Gasteiger partial charge is 0.255 e. The molecule has 0 bridgehead atoms. The van der Waals surface area contributed by atoms with E-state index in [1.807, 2.05) is 6.07 Å². The lowest BCUT2D eigenvalue weighted by atomic mass is 9.93. The summed E-state index contributed by atoms with van der Waals surface area (Å²) in [6.07, 6.45) is 2.42. The number of hydrogen-bond donors (Lipinski definition) is 2. The molecule has 2 aliphatic heterocycles. The molecule has 2 aromatic carbocycles. The van der Waals surface area contributed by atoms with Crippen LogP contribution >= 0.6 is 11.6 Å². The van der Waals surface area contributed by atoms with E-state index >= 15 is 0 Å². The van der Waals surface area contributed by atoms with Gasteiger partial charge in [0.05, 0.1) is 25.9 Å². The van der Waals surface area contributed by atoms with Crippen molar-refractivity contribution in [2.24, 2.45) is 0 Å². The number of nitrogens with one attached hydrogen (secondary N) is 2. The van der Waals surface area contributed by atoms with Crippen LogP contribution in [0.15, 0.2) is 55.0 Å². The molecular weight excluding hydrogens is 489 g/mol. The second-order valence-corrected chi connectivity index (χ2v) is 8.87. The third-order valence-electron chi connectivity index (χ3n) is 6.23. The number of anilines is 1. The second kappa shape index (κ2) is 8.98. The van der Waals surface area contributed by atoms with Crippen LogP contribution in [0.2, 0.25) is 5.02 Å². The van der Waals surface area contributed by atoms with E-state index < -0.39 is 23.9 Å². The minimum absolute atomic E-state index is 0.118. The predicted molar refractivity (Wildman–Crippen MR) is 128 cm³/mol. The van der Waals surface area contributed by atoms with Crippen molar-refractivity contribution in [2.45, 2.75) is 12.1 Å². The SMILES string of the molecule is O=C1NC(c2cc(F)ccc2Cl)c2c(NC(=O)C3COCCO3)cc(-c3ccc4ncnn4c3)cc21. The van der Waals surface area contributed by atoms with Gasteiger partial charge in [0, 0.05) is 39.2 Å². The summed E-state index contributed by atoms with van der Waals surface area (Å²) < 4.78 is 26.7. The first-order valence-corrected chi connectivity index (χ1v) is 11.6. The third-order valence-corrected chi connectivity index (χ3v) is 6.58. The van der Waals surface area contributed by atoms with E-state index in [-0.39, 0.29) is 17.5 Å². The van der Waals surface area contributed by atoms with Gasteiger partial charge in [0.15, 0.2) is 11.8 Å². The number of nitrogens with zero attached hydrogens (tertiary/aromatic N) is 3. The molecule has 36 heavy (non-hydrogen) atoms. The number of benzene rings is 2. The number of hydrogen-bond acceptors (Lipinski definition) is 6. The lowest BCUT2D eigenvalue weighted by Crippen LogP contribution is -2.39. The molecule has 6 rings (SSSR count). The van der Waals surface area contributed by atoms with Crippen molar-refractivity contribution in [1.82, 2.24) is 19.9 Å². The molecule has 2 atom stereocenters. The van der Waals surface area contributed by atoms with Crippen molar-refractivity contribution < 1.29 is 23.5 Å². The zero-order valence-corrected chi connectivity index (χ0v) is 19.5. The summed E-state index contributed by atoms with van der Waals surface area (Å²) in [5, 5.41) is 10.2. The topological polar surface area (TPSA) is 107 Å². The Morgan fingerprint density at radius 2 is 2.06 bits per heavy atom. The molecule has 2 amide bonds. The molecule has 182 valence electrons. The van der Waals surface area contributed by atoms with Gasteiger partial charge < -0.3 is 20.1 Å². The normalized spacial score (nSPS) is 19.2. The lowest BCUT2D eigenvalue weighted by Gasteiger charge is -2.24. The number of pyridine rings is 1. The fraction of sp³-hybridized carbons (Fsp3) is 0.200. The van der Waals surface area contributed by atoms with Crippen LogP contribution in [-0.4, -0.2) is 52.3 Å². The van der Waals surface area contributed by atoms with Crippen LogP contribution in [0.3, 0.4) is 0 Å². The average Bonchev–Trinajstić information content (AvgIpc) is 3.50. The van der Waals surface area contributed by atoms with Gasteiger partial charge in [-0.05, 0) is 48.0 Å². The molecule has 2 aliphatic rings. The largest absolute Gasteiger partial charge is 0.376 e. The van der Waals surface area contributed by atoms with Gasteiger partial charge in [0.1, 0.15) is 12.1 Å². The molecular formula is C25H19ClFN5O4. The molecule has 9 nitrogen and oxygen atoms in total. The van der Waals surface area contributed by atoms with Gasteiger partial charge in [-0.15, -0.1) is 0 Å². The summed E-state index contributed by atoms with van der Waals surface area (Å²) in [7, 11) is 0. The first kappa shape index (κ1) is 22.6. The van der Waals surface area contributed by atoms with E-state index in [2.05, 4.69) is 20.7 Å². The van der Waals surface area contributed by atoms with Gasteiger partial charge >= 0.3 is 0 Å². The zero-order valence-electron chi connectivity index (χ0n) is 18.7. The molecule has 2 N–H and O–H groups in total. The summed E-state index contributed by atoms with van der Waals surface area (Å²) in [4.78, 5) is 30.3. The summed E-state index contributed by atoms with van der Waals surface area (Å²) in [6.45, 7) is 0.834. The van der Waals surface area contributed by atoms with Crippen molar-refractivity contribution in [3.05, 3.63) is 82.5 Å². The van der Waals surface area contributed by atoms with E-state index in [0.29, 0.717) is 46.8 Å². The van der Waals surface area contributed by atoms with Gasteiger partial charge in [0.2, 0.25) is 0 Å². The van der Waals surface area contributed by atoms with Crippen LogP contribution in [0.5, 0.6) is 0 Å². The van der Waals surface area contributed by atoms with E-state index in [9.17, 15) is 14.0 Å². The molecule has 1 fully saturated rings. The fourth-order valence-corrected chi connectivity index (χ4v) is 4.74. The third kappa shape index (κ3) is 3.98. The number of carbonyl (C=O) groups excluding carboxylic acids is 2. The summed E-state index contributed by atoms with van der Waals surface area (Å²) in [5.41, 5.74) is 3.68. The molecule has 1 saturated heterocycles. The number of rotatable bonds is 4. The zero-order chi connectivity index (χ0) is 24.8. The van der Waals surface area contributed by atoms with E-state index in [1.165, 1.54) is 24.5 Å². The molecule has 2 aromatic heterocycles. The van der Waals surface area contributed by atoms with Gasteiger partial charge in [-0.2, -0.15) is 5.10 Å². The Morgan fingerprint density at radius 3 is 2.89 bits per heavy atom. The molecule has 2 unspecified atom stereocenters. The maximum atomic E-state index is 14.1. The highest BCUT2D eigenvalue weighted by molar-refractivity contribution is 6.31. The van der Waals surface area contributed by atoms with Gasteiger partial charge in [0.25, 0.3) is 11.8 Å². The quantitative estimate of drug-likeness (QED) is 0.438. The Labute approximate surface area is 209 Å². The van der Waals surface area contributed by atoms with Crippen molar-refractivity contribution in [1.29, 1.82) is 0 Å². The number of fused-ring (bicyclic) bond motifs is 2. The van der Waals surface area contributed by atoms with Gasteiger partial charge in [-0.1, -0.05) is 11.6 Å². The maximum absolute atomic E-state index is 14.1. The Morgan fingerprint density at radius 1 is 1.17 bits per heavy atom. The second-order valence-electron chi connectivity index (χ2n) is 8.46. The summed E-state index contributed by atoms with van der Waals surface area (Å²) in [6, 6.07) is 10.3. The molecule has 0 radical (unpaired) electrons. The Hall–Kier alpha value is -3.86. The summed E-state index contributed by atoms with van der Waals surface area (Å²) >= 11 is 6.38. The molecule has 4 heterocycles.